The number of oxime groups is 1. The third-order valence-electron chi connectivity index (χ3n) is 2.99. The number of nitrogens with zero attached hydrogens (tertiary/aromatic N) is 1. The molecule has 24 heavy (non-hydrogen) atoms. The van der Waals surface area contributed by atoms with Gasteiger partial charge in [-0.15, -0.1) is 0 Å². The van der Waals surface area contributed by atoms with Crippen LogP contribution in [0.25, 0.3) is 0 Å². The summed E-state index contributed by atoms with van der Waals surface area (Å²) in [6, 6.07) is 11.2. The minimum absolute atomic E-state index is 0.0408. The summed E-state index contributed by atoms with van der Waals surface area (Å²) in [6.07, 6.45) is 0. The maximum Gasteiger partial charge on any atom is 0.323 e. The van der Waals surface area contributed by atoms with E-state index in [-0.39, 0.29) is 10.7 Å². The van der Waals surface area contributed by atoms with Crippen LogP contribution in [0, 0.1) is 0 Å². The smallest absolute Gasteiger partial charge is 0.323 e. The average molecular weight is 349 g/mol. The number of amidine groups is 1. The lowest BCUT2D eigenvalue weighted by molar-refractivity contribution is 0.262. The number of carbonyl (C=O) groups is 1. The number of primary sulfonamides is 1. The van der Waals surface area contributed by atoms with Gasteiger partial charge >= 0.3 is 6.03 Å². The lowest BCUT2D eigenvalue weighted by Crippen LogP contribution is -2.20. The summed E-state index contributed by atoms with van der Waals surface area (Å²) in [5, 5.41) is 21.6. The van der Waals surface area contributed by atoms with Gasteiger partial charge in [0.1, 0.15) is 0 Å². The number of anilines is 2. The lowest BCUT2D eigenvalue weighted by Gasteiger charge is -2.08. The van der Waals surface area contributed by atoms with E-state index in [1.807, 2.05) is 0 Å². The van der Waals surface area contributed by atoms with Crippen molar-refractivity contribution in [3.05, 3.63) is 54.1 Å². The second-order valence-corrected chi connectivity index (χ2v) is 6.27. The Kier molecular flexibility index (Phi) is 5.02. The van der Waals surface area contributed by atoms with E-state index in [4.69, 9.17) is 16.1 Å². The minimum Gasteiger partial charge on any atom is -0.409 e. The third-order valence-corrected chi connectivity index (χ3v) is 3.92. The van der Waals surface area contributed by atoms with E-state index >= 15 is 0 Å². The molecular formula is C14H15N5O4S. The number of hydrogen-bond acceptors (Lipinski definition) is 5. The van der Waals surface area contributed by atoms with Crippen LogP contribution in [-0.2, 0) is 10.0 Å². The molecule has 9 nitrogen and oxygen atoms in total. The van der Waals surface area contributed by atoms with Crippen LogP contribution in [0.15, 0.2) is 58.6 Å². The molecule has 0 fully saturated rings. The van der Waals surface area contributed by atoms with E-state index in [9.17, 15) is 13.2 Å². The van der Waals surface area contributed by atoms with Crippen LogP contribution in [0.2, 0.25) is 0 Å². The Labute approximate surface area is 138 Å². The normalized spacial score (nSPS) is 11.8. The zero-order valence-corrected chi connectivity index (χ0v) is 13.1. The molecule has 2 aromatic rings. The summed E-state index contributed by atoms with van der Waals surface area (Å²) in [6.45, 7) is 0. The summed E-state index contributed by atoms with van der Waals surface area (Å²) >= 11 is 0. The predicted octanol–water partition coefficient (Wildman–Crippen LogP) is 1.07. The Bertz CT molecular complexity index is 861. The molecule has 0 atom stereocenters. The standard InChI is InChI=1S/C14H15N5O4S/c15-13(19-21)9-1-3-10(4-2-9)17-14(20)18-11-5-7-12(8-6-11)24(16,22)23/h1-8,21H,(H2,15,19)(H2,16,22,23)(H2,17,18,20). The molecule has 0 aliphatic rings. The largest absolute Gasteiger partial charge is 0.409 e. The first-order valence-corrected chi connectivity index (χ1v) is 8.13. The maximum absolute atomic E-state index is 11.9. The Hall–Kier alpha value is -3.11. The number of benzene rings is 2. The van der Waals surface area contributed by atoms with Crippen molar-refractivity contribution >= 4 is 33.3 Å². The molecule has 0 saturated carbocycles. The second-order valence-electron chi connectivity index (χ2n) is 4.71. The van der Waals surface area contributed by atoms with Crippen LogP contribution in [0.3, 0.4) is 0 Å². The first kappa shape index (κ1) is 17.2. The molecule has 2 amide bonds. The Morgan fingerprint density at radius 2 is 1.42 bits per heavy atom. The molecular weight excluding hydrogens is 334 g/mol. The van der Waals surface area contributed by atoms with Crippen LogP contribution < -0.4 is 21.5 Å². The van der Waals surface area contributed by atoms with Crippen molar-refractivity contribution in [3.63, 3.8) is 0 Å². The number of hydrogen-bond donors (Lipinski definition) is 5. The highest BCUT2D eigenvalue weighted by molar-refractivity contribution is 7.89. The molecule has 2 rings (SSSR count). The minimum atomic E-state index is -3.78. The van der Waals surface area contributed by atoms with Crippen molar-refractivity contribution in [2.45, 2.75) is 4.90 Å². The predicted molar refractivity (Wildman–Crippen MR) is 89.4 cm³/mol. The zero-order chi connectivity index (χ0) is 17.7. The van der Waals surface area contributed by atoms with Crippen molar-refractivity contribution in [2.24, 2.45) is 16.0 Å². The molecule has 0 saturated heterocycles. The molecule has 0 spiro atoms. The van der Waals surface area contributed by atoms with Gasteiger partial charge in [0.2, 0.25) is 10.0 Å². The van der Waals surface area contributed by atoms with E-state index < -0.39 is 16.1 Å². The SMILES string of the molecule is N/C(=N\O)c1ccc(NC(=O)Nc2ccc(S(N)(=O)=O)cc2)cc1. The fraction of sp³-hybridized carbons (Fsp3) is 0. The van der Waals surface area contributed by atoms with Crippen LogP contribution in [-0.4, -0.2) is 25.5 Å². The molecule has 0 radical (unpaired) electrons. The van der Waals surface area contributed by atoms with Crippen LogP contribution in [0.1, 0.15) is 5.56 Å². The summed E-state index contributed by atoms with van der Waals surface area (Å²) < 4.78 is 22.3. The lowest BCUT2D eigenvalue weighted by atomic mass is 10.2. The number of sulfonamides is 1. The Balaban J connectivity index is 2.00. The zero-order valence-electron chi connectivity index (χ0n) is 12.3. The van der Waals surface area contributed by atoms with E-state index in [1.165, 1.54) is 24.3 Å². The van der Waals surface area contributed by atoms with Gasteiger partial charge in [0.15, 0.2) is 5.84 Å². The van der Waals surface area contributed by atoms with Crippen molar-refractivity contribution < 1.29 is 18.4 Å². The van der Waals surface area contributed by atoms with Gasteiger partial charge < -0.3 is 21.6 Å². The molecule has 10 heteroatoms. The topological polar surface area (TPSA) is 160 Å². The highest BCUT2D eigenvalue weighted by Crippen LogP contribution is 2.14. The Morgan fingerprint density at radius 1 is 0.958 bits per heavy atom. The first-order valence-electron chi connectivity index (χ1n) is 6.58. The summed E-state index contributed by atoms with van der Waals surface area (Å²) in [5.41, 5.74) is 6.83. The number of urea groups is 1. The number of nitrogens with two attached hydrogens (primary N) is 2. The molecule has 0 unspecified atom stereocenters. The molecule has 2 aromatic carbocycles. The van der Waals surface area contributed by atoms with Crippen molar-refractivity contribution in [2.75, 3.05) is 10.6 Å². The quantitative estimate of drug-likeness (QED) is 0.241. The van der Waals surface area contributed by atoms with Gasteiger partial charge in [0, 0.05) is 16.9 Å². The second kappa shape index (κ2) is 6.98. The van der Waals surface area contributed by atoms with Crippen molar-refractivity contribution in [1.29, 1.82) is 0 Å². The first-order chi connectivity index (χ1) is 11.3. The van der Waals surface area contributed by atoms with Gasteiger partial charge in [-0.1, -0.05) is 5.16 Å². The molecule has 0 bridgehead atoms. The maximum atomic E-state index is 11.9. The third kappa shape index (κ3) is 4.44. The van der Waals surface area contributed by atoms with Gasteiger partial charge in [-0.2, -0.15) is 0 Å². The Morgan fingerprint density at radius 3 is 1.83 bits per heavy atom. The summed E-state index contributed by atoms with van der Waals surface area (Å²) in [7, 11) is -3.78. The highest BCUT2D eigenvalue weighted by Gasteiger charge is 2.08. The number of nitrogens with one attached hydrogen (secondary N) is 2. The number of carbonyl (C=O) groups excluding carboxylic acids is 1. The fourth-order valence-corrected chi connectivity index (χ4v) is 2.32. The van der Waals surface area contributed by atoms with Gasteiger partial charge in [-0.25, -0.2) is 18.4 Å². The monoisotopic (exact) mass is 349 g/mol. The van der Waals surface area contributed by atoms with Crippen molar-refractivity contribution in [1.82, 2.24) is 0 Å². The number of rotatable bonds is 4. The van der Waals surface area contributed by atoms with Gasteiger partial charge in [0.25, 0.3) is 0 Å². The van der Waals surface area contributed by atoms with Crippen LogP contribution in [0.4, 0.5) is 16.2 Å². The number of amides is 2. The van der Waals surface area contributed by atoms with Gasteiger partial charge in [-0.3, -0.25) is 0 Å². The molecule has 126 valence electrons. The van der Waals surface area contributed by atoms with Gasteiger partial charge in [0.05, 0.1) is 4.90 Å². The molecule has 0 aromatic heterocycles. The van der Waals surface area contributed by atoms with Crippen LogP contribution >= 0.6 is 0 Å². The summed E-state index contributed by atoms with van der Waals surface area (Å²) in [5.74, 6) is -0.0408. The fourth-order valence-electron chi connectivity index (χ4n) is 1.80. The van der Waals surface area contributed by atoms with E-state index in [2.05, 4.69) is 15.8 Å². The van der Waals surface area contributed by atoms with Crippen molar-refractivity contribution in [3.8, 4) is 0 Å². The summed E-state index contributed by atoms with van der Waals surface area (Å²) in [4.78, 5) is 11.8. The molecule has 7 N–H and O–H groups in total. The van der Waals surface area contributed by atoms with Crippen LogP contribution in [0.5, 0.6) is 0 Å². The van der Waals surface area contributed by atoms with Gasteiger partial charge in [-0.05, 0) is 48.5 Å². The molecule has 0 aliphatic carbocycles. The highest BCUT2D eigenvalue weighted by atomic mass is 32.2. The average Bonchev–Trinajstić information content (AvgIpc) is 2.54. The van der Waals surface area contributed by atoms with E-state index in [1.54, 1.807) is 24.3 Å². The molecule has 0 heterocycles. The molecule has 0 aliphatic heterocycles. The van der Waals surface area contributed by atoms with E-state index in [0.29, 0.717) is 16.9 Å². The van der Waals surface area contributed by atoms with E-state index in [0.717, 1.165) is 0 Å².